The Balaban J connectivity index is 1.91. The van der Waals surface area contributed by atoms with Gasteiger partial charge in [0.15, 0.2) is 5.69 Å². The molecule has 1 heterocycles. The molecule has 0 saturated heterocycles. The Morgan fingerprint density at radius 2 is 1.90 bits per heavy atom. The highest BCUT2D eigenvalue weighted by Gasteiger charge is 2.42. The molecule has 1 aliphatic carbocycles. The number of carboxylic acids is 1. The van der Waals surface area contributed by atoms with Crippen LogP contribution in [0.2, 0.25) is 0 Å². The Bertz CT molecular complexity index is 928. The monoisotopic (exact) mass is 400 g/mol. The van der Waals surface area contributed by atoms with Crippen molar-refractivity contribution in [3.05, 3.63) is 30.0 Å². The summed E-state index contributed by atoms with van der Waals surface area (Å²) >= 11 is 0. The van der Waals surface area contributed by atoms with Gasteiger partial charge in [-0.15, -0.1) is 0 Å². The molecule has 3 rings (SSSR count). The highest BCUT2D eigenvalue weighted by Crippen LogP contribution is 2.28. The first-order chi connectivity index (χ1) is 13.7. The molecule has 2 aromatic rings. The lowest BCUT2D eigenvalue weighted by atomic mass is 9.84. The van der Waals surface area contributed by atoms with Gasteiger partial charge in [-0.3, -0.25) is 19.1 Å². The van der Waals surface area contributed by atoms with Crippen LogP contribution in [0.15, 0.2) is 24.3 Å². The molecule has 0 radical (unpaired) electrons. The van der Waals surface area contributed by atoms with Crippen LogP contribution in [0, 0.1) is 11.3 Å². The average Bonchev–Trinajstić information content (AvgIpc) is 3.05. The molecule has 1 aliphatic rings. The van der Waals surface area contributed by atoms with Crippen LogP contribution < -0.4 is 11.1 Å². The van der Waals surface area contributed by atoms with Crippen molar-refractivity contribution in [3.63, 3.8) is 0 Å². The summed E-state index contributed by atoms with van der Waals surface area (Å²) in [6.07, 6.45) is 5.97. The number of hydrogen-bond donors (Lipinski definition) is 3. The number of fused-ring (bicyclic) bond motifs is 1. The highest BCUT2D eigenvalue weighted by molar-refractivity contribution is 6.06. The van der Waals surface area contributed by atoms with Crippen molar-refractivity contribution in [1.82, 2.24) is 15.1 Å². The average molecular weight is 400 g/mol. The summed E-state index contributed by atoms with van der Waals surface area (Å²) in [7, 11) is 0. The second-order valence-electron chi connectivity index (χ2n) is 8.39. The van der Waals surface area contributed by atoms with E-state index in [-0.39, 0.29) is 5.69 Å². The summed E-state index contributed by atoms with van der Waals surface area (Å²) in [5.74, 6) is -2.22. The summed E-state index contributed by atoms with van der Waals surface area (Å²) in [5.41, 5.74) is 4.85. The Morgan fingerprint density at radius 1 is 1.24 bits per heavy atom. The molecule has 1 unspecified atom stereocenters. The third-order valence-electron chi connectivity index (χ3n) is 5.86. The van der Waals surface area contributed by atoms with Gasteiger partial charge in [-0.25, -0.2) is 0 Å². The lowest BCUT2D eigenvalue weighted by molar-refractivity contribution is -0.151. The lowest BCUT2D eigenvalue weighted by Gasteiger charge is -2.28. The van der Waals surface area contributed by atoms with Gasteiger partial charge in [-0.2, -0.15) is 5.10 Å². The Morgan fingerprint density at radius 3 is 2.52 bits per heavy atom. The number of para-hydroxylation sites is 1. The maximum Gasteiger partial charge on any atom is 0.311 e. The molecule has 8 heteroatoms. The minimum absolute atomic E-state index is 0.170. The molecule has 4 N–H and O–H groups in total. The molecule has 1 aromatic carbocycles. The van der Waals surface area contributed by atoms with Crippen molar-refractivity contribution >= 4 is 28.7 Å². The molecule has 156 valence electrons. The van der Waals surface area contributed by atoms with Crippen LogP contribution in [0.5, 0.6) is 0 Å². The number of nitrogens with two attached hydrogens (primary N) is 1. The predicted molar refractivity (Wildman–Crippen MR) is 108 cm³/mol. The Hall–Kier alpha value is -2.90. The van der Waals surface area contributed by atoms with Gasteiger partial charge in [-0.1, -0.05) is 37.5 Å². The van der Waals surface area contributed by atoms with E-state index in [0.29, 0.717) is 11.3 Å². The smallest absolute Gasteiger partial charge is 0.311 e. The summed E-state index contributed by atoms with van der Waals surface area (Å²) < 4.78 is 1.85. The Labute approximate surface area is 169 Å². The maximum atomic E-state index is 13.0. The quantitative estimate of drug-likeness (QED) is 0.657. The van der Waals surface area contributed by atoms with Gasteiger partial charge < -0.3 is 16.2 Å². The molecule has 1 atom stereocenters. The number of benzene rings is 1. The van der Waals surface area contributed by atoms with E-state index in [1.54, 1.807) is 6.07 Å². The van der Waals surface area contributed by atoms with Gasteiger partial charge in [0.05, 0.1) is 10.9 Å². The summed E-state index contributed by atoms with van der Waals surface area (Å²) in [5, 5.41) is 17.1. The molecule has 0 bridgehead atoms. The number of carbonyl (C=O) groups excluding carboxylic acids is 2. The number of rotatable bonds is 7. The molecule has 8 nitrogen and oxygen atoms in total. The molecule has 1 saturated carbocycles. The third kappa shape index (κ3) is 4.26. The number of carboxylic acid groups (broad SMARTS) is 1. The molecule has 29 heavy (non-hydrogen) atoms. The maximum absolute atomic E-state index is 13.0. The zero-order valence-electron chi connectivity index (χ0n) is 16.9. The van der Waals surface area contributed by atoms with Crippen LogP contribution >= 0.6 is 0 Å². The van der Waals surface area contributed by atoms with E-state index in [2.05, 4.69) is 10.4 Å². The van der Waals surface area contributed by atoms with Crippen molar-refractivity contribution < 1.29 is 19.5 Å². The van der Waals surface area contributed by atoms with Crippen LogP contribution in [-0.4, -0.2) is 38.7 Å². The number of aliphatic carboxylic acids is 1. The molecule has 1 fully saturated rings. The van der Waals surface area contributed by atoms with E-state index in [9.17, 15) is 19.5 Å². The Kier molecular flexibility index (Phi) is 5.91. The highest BCUT2D eigenvalue weighted by atomic mass is 16.4. The minimum atomic E-state index is -1.55. The fourth-order valence-corrected chi connectivity index (χ4v) is 3.98. The molecular formula is C21H28N4O4. The van der Waals surface area contributed by atoms with Crippen LogP contribution in [0.1, 0.15) is 56.4 Å². The summed E-state index contributed by atoms with van der Waals surface area (Å²) in [6.45, 7) is 3.43. The topological polar surface area (TPSA) is 127 Å². The van der Waals surface area contributed by atoms with Crippen molar-refractivity contribution in [1.29, 1.82) is 0 Å². The van der Waals surface area contributed by atoms with Crippen LogP contribution in [-0.2, 0) is 16.1 Å². The zero-order chi connectivity index (χ0) is 21.2. The van der Waals surface area contributed by atoms with Gasteiger partial charge >= 0.3 is 5.97 Å². The van der Waals surface area contributed by atoms with Gasteiger partial charge in [0.2, 0.25) is 5.91 Å². The number of aromatic nitrogens is 2. The van der Waals surface area contributed by atoms with Crippen molar-refractivity contribution in [3.8, 4) is 0 Å². The molecular weight excluding hydrogens is 372 g/mol. The second kappa shape index (κ2) is 8.23. The van der Waals surface area contributed by atoms with Crippen molar-refractivity contribution in [2.75, 3.05) is 0 Å². The molecule has 0 aliphatic heterocycles. The van der Waals surface area contributed by atoms with E-state index in [4.69, 9.17) is 5.73 Å². The standard InChI is InChI=1S/C21H28N4O4/c1-21(2,20(28)29)17(18(22)26)23-19(27)16-14-10-6-7-11-15(14)25(24-16)12-13-8-4-3-5-9-13/h6-7,10-11,13,17H,3-5,8-9,12H2,1-2H3,(H2,22,26)(H,23,27)(H,28,29). The molecule has 1 aromatic heterocycles. The van der Waals surface area contributed by atoms with Gasteiger partial charge in [-0.05, 0) is 38.7 Å². The second-order valence-corrected chi connectivity index (χ2v) is 8.39. The number of nitrogens with zero attached hydrogens (tertiary/aromatic N) is 2. The first-order valence-electron chi connectivity index (χ1n) is 10.0. The fraction of sp³-hybridized carbons (Fsp3) is 0.524. The number of amides is 2. The van der Waals surface area contributed by atoms with E-state index in [1.165, 1.54) is 33.1 Å². The first kappa shape index (κ1) is 20.8. The minimum Gasteiger partial charge on any atom is -0.481 e. The number of hydrogen-bond acceptors (Lipinski definition) is 4. The van der Waals surface area contributed by atoms with Crippen LogP contribution in [0.4, 0.5) is 0 Å². The third-order valence-corrected chi connectivity index (χ3v) is 5.86. The number of carbonyl (C=O) groups is 3. The van der Waals surface area contributed by atoms with Gasteiger partial charge in [0.25, 0.3) is 5.91 Å². The van der Waals surface area contributed by atoms with E-state index in [0.717, 1.165) is 24.9 Å². The lowest BCUT2D eigenvalue weighted by Crippen LogP contribution is -2.56. The van der Waals surface area contributed by atoms with Crippen LogP contribution in [0.3, 0.4) is 0 Å². The molecule has 0 spiro atoms. The summed E-state index contributed by atoms with van der Waals surface area (Å²) in [6, 6.07) is 6.06. The summed E-state index contributed by atoms with van der Waals surface area (Å²) in [4.78, 5) is 36.4. The SMILES string of the molecule is CC(C)(C(=O)O)C(NC(=O)c1nn(CC2CCCCC2)c2ccccc12)C(N)=O. The van der Waals surface area contributed by atoms with Crippen molar-refractivity contribution in [2.24, 2.45) is 17.1 Å². The predicted octanol–water partition coefficient (Wildman–Crippen LogP) is 2.31. The number of primary amides is 1. The van der Waals surface area contributed by atoms with Gasteiger partial charge in [0, 0.05) is 11.9 Å². The number of nitrogens with one attached hydrogen (secondary N) is 1. The van der Waals surface area contributed by atoms with E-state index >= 15 is 0 Å². The first-order valence-corrected chi connectivity index (χ1v) is 10.0. The normalized spacial score (nSPS) is 16.5. The van der Waals surface area contributed by atoms with E-state index in [1.807, 2.05) is 22.9 Å². The van der Waals surface area contributed by atoms with Gasteiger partial charge in [0.1, 0.15) is 6.04 Å². The fourth-order valence-electron chi connectivity index (χ4n) is 3.98. The largest absolute Gasteiger partial charge is 0.481 e. The zero-order valence-corrected chi connectivity index (χ0v) is 16.9. The van der Waals surface area contributed by atoms with Crippen LogP contribution in [0.25, 0.3) is 10.9 Å². The molecule has 2 amide bonds. The van der Waals surface area contributed by atoms with E-state index < -0.39 is 29.2 Å². The van der Waals surface area contributed by atoms with Crippen molar-refractivity contribution in [2.45, 2.75) is 58.5 Å².